The van der Waals surface area contributed by atoms with Gasteiger partial charge in [0.15, 0.2) is 0 Å². The van der Waals surface area contributed by atoms with E-state index in [2.05, 4.69) is 313 Å². The highest BCUT2D eigenvalue weighted by molar-refractivity contribution is 7.99. The summed E-state index contributed by atoms with van der Waals surface area (Å²) in [5, 5.41) is 5.04. The SMILES string of the molecule is Cc1cnc(C)c(C2CCc3ccccc3[C@H]2C)c1.Cc1cnc(C)c(C2COc3ccccc3[C@H]2C)c1.Cc1nc2ccccc2cc1C1CCC[C@H]1C.Cc1nc2ccccc2cc1C1COC[C@H]1C.Cc1nc2ccccc2cc1C1CSC[C@H]1C.Cc1nc2ccccc2cc1C1Cc2ccccc2[C@H]1C. The lowest BCUT2D eigenvalue weighted by Gasteiger charge is -2.32. The highest BCUT2D eigenvalue weighted by atomic mass is 32.2. The number of pyridine rings is 6. The number of aryl methyl sites for hydroxylation is 9. The molecule has 1 saturated carbocycles. The molecule has 7 aromatic carbocycles. The number of thioether (sulfide) groups is 1. The van der Waals surface area contributed by atoms with Crippen LogP contribution in [0.25, 0.3) is 43.6 Å². The zero-order valence-electron chi connectivity index (χ0n) is 67.4. The normalized spacial score (nSPS) is 22.8. The lowest BCUT2D eigenvalue weighted by Crippen LogP contribution is -2.23. The number of rotatable bonds is 6. The Morgan fingerprint density at radius 2 is 0.736 bits per heavy atom. The minimum atomic E-state index is 0.391. The van der Waals surface area contributed by atoms with Gasteiger partial charge in [0, 0.05) is 92.3 Å². The Hall–Kier alpha value is -9.41. The smallest absolute Gasteiger partial charge is 0.122 e. The van der Waals surface area contributed by atoms with Gasteiger partial charge < -0.3 is 9.47 Å². The summed E-state index contributed by atoms with van der Waals surface area (Å²) in [5.74, 6) is 10.9. The van der Waals surface area contributed by atoms with Crippen molar-refractivity contribution in [3.05, 3.63) is 325 Å². The topological polar surface area (TPSA) is 95.8 Å². The van der Waals surface area contributed by atoms with Crippen molar-refractivity contribution in [1.82, 2.24) is 29.9 Å². The van der Waals surface area contributed by atoms with Crippen LogP contribution in [0.3, 0.4) is 0 Å². The van der Waals surface area contributed by atoms with E-state index >= 15 is 0 Å². The number of hydrogen-bond acceptors (Lipinski definition) is 9. The first kappa shape index (κ1) is 77.3. The van der Waals surface area contributed by atoms with Crippen LogP contribution in [0, 0.1) is 73.1 Å². The lowest BCUT2D eigenvalue weighted by molar-refractivity contribution is 0.186. The molecule has 9 heterocycles. The number of benzene rings is 7. The van der Waals surface area contributed by atoms with Crippen molar-refractivity contribution in [2.24, 2.45) is 17.8 Å². The molecule has 0 spiro atoms. The first-order valence-electron chi connectivity index (χ1n) is 40.7. The van der Waals surface area contributed by atoms with Gasteiger partial charge in [0.1, 0.15) is 5.75 Å². The van der Waals surface area contributed by atoms with Gasteiger partial charge in [0.2, 0.25) is 0 Å². The Kier molecular flexibility index (Phi) is 24.5. The highest BCUT2D eigenvalue weighted by Crippen LogP contribution is 2.48. The van der Waals surface area contributed by atoms with Crippen molar-refractivity contribution >= 4 is 55.4 Å². The Morgan fingerprint density at radius 1 is 0.318 bits per heavy atom. The van der Waals surface area contributed by atoms with Crippen molar-refractivity contribution in [3.63, 3.8) is 0 Å². The van der Waals surface area contributed by atoms with E-state index in [4.69, 9.17) is 29.4 Å². The molecule has 9 heteroatoms. The monoisotopic (exact) mass is 1470 g/mol. The lowest BCUT2D eigenvalue weighted by atomic mass is 9.72. The summed E-state index contributed by atoms with van der Waals surface area (Å²) < 4.78 is 11.5. The van der Waals surface area contributed by atoms with Gasteiger partial charge >= 0.3 is 0 Å². The molecule has 13 aromatic rings. The molecule has 6 aliphatic rings. The van der Waals surface area contributed by atoms with Gasteiger partial charge in [-0.25, -0.2) is 0 Å². The number of ether oxygens (including phenoxy) is 2. The van der Waals surface area contributed by atoms with Gasteiger partial charge in [-0.2, -0.15) is 11.8 Å². The van der Waals surface area contributed by atoms with Crippen LogP contribution in [0.5, 0.6) is 5.75 Å². The molecule has 0 amide bonds. The number of hydrogen-bond donors (Lipinski definition) is 0. The average molecular weight is 1470 g/mol. The van der Waals surface area contributed by atoms with E-state index in [1.54, 1.807) is 0 Å². The minimum Gasteiger partial charge on any atom is -0.493 e. The quantitative estimate of drug-likeness (QED) is 0.161. The maximum Gasteiger partial charge on any atom is 0.122 e. The van der Waals surface area contributed by atoms with Crippen LogP contribution >= 0.6 is 11.8 Å². The number of fused-ring (bicyclic) bond motifs is 7. The van der Waals surface area contributed by atoms with E-state index in [9.17, 15) is 0 Å². The van der Waals surface area contributed by atoms with Crippen molar-refractivity contribution in [2.75, 3.05) is 31.3 Å². The predicted octanol–water partition coefficient (Wildman–Crippen LogP) is 25.2. The van der Waals surface area contributed by atoms with E-state index in [0.29, 0.717) is 53.3 Å². The van der Waals surface area contributed by atoms with Crippen molar-refractivity contribution in [1.29, 1.82) is 0 Å². The molecular formula is C101H112N6O2S. The number of aromatic nitrogens is 6. The molecule has 0 bridgehead atoms. The largest absolute Gasteiger partial charge is 0.493 e. The van der Waals surface area contributed by atoms with Gasteiger partial charge in [0.05, 0.1) is 35.3 Å². The Labute approximate surface area is 659 Å². The summed E-state index contributed by atoms with van der Waals surface area (Å²) in [7, 11) is 0. The summed E-state index contributed by atoms with van der Waals surface area (Å²) in [6, 6.07) is 73.6. The van der Waals surface area contributed by atoms with Crippen LogP contribution in [0.15, 0.2) is 219 Å². The molecule has 0 radical (unpaired) electrons. The Bertz CT molecular complexity index is 5030. The predicted molar refractivity (Wildman–Crippen MR) is 461 cm³/mol. The molecule has 6 unspecified atom stereocenters. The van der Waals surface area contributed by atoms with E-state index < -0.39 is 0 Å². The van der Waals surface area contributed by atoms with Crippen LogP contribution in [0.4, 0.5) is 0 Å². The van der Waals surface area contributed by atoms with Crippen LogP contribution in [-0.4, -0.2) is 61.2 Å². The molecular weight excluding hydrogens is 1360 g/mol. The second kappa shape index (κ2) is 34.9. The first-order chi connectivity index (χ1) is 53.3. The van der Waals surface area contributed by atoms with Gasteiger partial charge in [0.25, 0.3) is 0 Å². The first-order valence-corrected chi connectivity index (χ1v) is 41.8. The van der Waals surface area contributed by atoms with Crippen molar-refractivity contribution in [3.8, 4) is 5.75 Å². The summed E-state index contributed by atoms with van der Waals surface area (Å²) >= 11 is 2.07. The van der Waals surface area contributed by atoms with Gasteiger partial charge in [-0.3, -0.25) is 29.9 Å². The third-order valence-electron chi connectivity index (χ3n) is 25.2. The van der Waals surface area contributed by atoms with Crippen LogP contribution in [0.2, 0.25) is 0 Å². The third kappa shape index (κ3) is 17.2. The Morgan fingerprint density at radius 3 is 1.22 bits per heavy atom. The van der Waals surface area contributed by atoms with Crippen LogP contribution < -0.4 is 4.74 Å². The fourth-order valence-electron chi connectivity index (χ4n) is 18.7. The third-order valence-corrected chi connectivity index (χ3v) is 26.6. The summed E-state index contributed by atoms with van der Waals surface area (Å²) in [5.41, 5.74) is 29.8. The average Bonchev–Trinajstić information content (AvgIpc) is 1.25. The highest BCUT2D eigenvalue weighted by Gasteiger charge is 2.35. The maximum atomic E-state index is 5.93. The van der Waals surface area contributed by atoms with E-state index in [0.717, 1.165) is 83.2 Å². The van der Waals surface area contributed by atoms with E-state index in [1.165, 1.54) is 160 Å². The minimum absolute atomic E-state index is 0.391. The van der Waals surface area contributed by atoms with Gasteiger partial charge in [-0.05, 0) is 273 Å². The molecule has 12 atom stereocenters. The maximum absolute atomic E-state index is 5.93. The van der Waals surface area contributed by atoms with Gasteiger partial charge in [-0.15, -0.1) is 0 Å². The molecule has 0 N–H and O–H groups in total. The number of para-hydroxylation sites is 5. The summed E-state index contributed by atoms with van der Waals surface area (Å²) in [4.78, 5) is 28.0. The summed E-state index contributed by atoms with van der Waals surface area (Å²) in [6.07, 6.45) is 11.6. The molecule has 19 rings (SSSR count). The van der Waals surface area contributed by atoms with E-state index in [1.807, 2.05) is 24.5 Å². The molecule has 8 nitrogen and oxygen atoms in total. The van der Waals surface area contributed by atoms with E-state index in [-0.39, 0.29) is 0 Å². The molecule has 3 aliphatic carbocycles. The Balaban J connectivity index is 0.000000110. The fourth-order valence-corrected chi connectivity index (χ4v) is 20.2. The molecule has 6 aromatic heterocycles. The van der Waals surface area contributed by atoms with Gasteiger partial charge in [-0.1, -0.05) is 206 Å². The molecule has 110 heavy (non-hydrogen) atoms. The second-order valence-electron chi connectivity index (χ2n) is 32.7. The van der Waals surface area contributed by atoms with Crippen LogP contribution in [0.1, 0.15) is 227 Å². The molecule has 3 fully saturated rings. The standard InChI is InChI=1S/C20H19N.C18H21N.C17H19NO.C16H19N.C15H17NO.C15H17NS/c1-13-17-9-5-3-7-15(17)11-18(13)19-12-16-8-4-6-10-20(16)21-14(19)2;1-12-10-18(14(3)19-11-12)17-9-8-15-6-4-5-7-16(15)13(17)2;1-11-8-15(13(3)18-9-11)16-10-19-17-7-5-4-6-14(17)12(16)2;1-11-6-5-8-14(11)15-10-13-7-3-4-9-16(13)17-12(15)2;2*1-10-8-17-9-14(10)13-7-12-5-3-4-6-15(12)16-11(13)2/h3-10,12-13,18H,11H2,1-2H3;4-7,10-11,13,17H,8-9H2,1-3H3;4-9,12,16H,10H2,1-3H3;3-4,7,9-11,14H,5-6,8H2,1-2H3;2*3-7,10,14H,8-9H2,1-2H3/t13-,18?;13-,17?;12-,16?;11-,14?;2*10-,14?/m111111/s1. The zero-order chi connectivity index (χ0) is 76.7. The molecule has 564 valence electrons. The number of nitrogens with zero attached hydrogens (tertiary/aromatic N) is 6. The zero-order valence-corrected chi connectivity index (χ0v) is 68.2. The van der Waals surface area contributed by atoms with Crippen LogP contribution in [-0.2, 0) is 17.6 Å². The molecule has 2 saturated heterocycles. The second-order valence-corrected chi connectivity index (χ2v) is 33.8. The van der Waals surface area contributed by atoms with Crippen molar-refractivity contribution in [2.45, 2.75) is 189 Å². The van der Waals surface area contributed by atoms with Crippen molar-refractivity contribution < 1.29 is 9.47 Å². The molecule has 3 aliphatic heterocycles. The summed E-state index contributed by atoms with van der Waals surface area (Å²) in [6.45, 7) is 33.5. The fraction of sp³-hybridized carbons (Fsp3) is 0.366.